The van der Waals surface area contributed by atoms with Crippen LogP contribution in [0.3, 0.4) is 0 Å². The topological polar surface area (TPSA) is 43.3 Å². The molecule has 0 aliphatic carbocycles. The smallest absolute Gasteiger partial charge is 0.193 e. The van der Waals surface area contributed by atoms with Gasteiger partial charge in [0, 0.05) is 23.8 Å². The van der Waals surface area contributed by atoms with E-state index < -0.39 is 0 Å². The highest BCUT2D eigenvalue weighted by Gasteiger charge is 2.13. The molecule has 0 spiro atoms. The van der Waals surface area contributed by atoms with E-state index in [-0.39, 0.29) is 6.04 Å². The predicted molar refractivity (Wildman–Crippen MR) is 64.2 cm³/mol. The second kappa shape index (κ2) is 4.33. The van der Waals surface area contributed by atoms with Crippen LogP contribution in [0.2, 0.25) is 0 Å². The van der Waals surface area contributed by atoms with E-state index >= 15 is 0 Å². The minimum absolute atomic E-state index is 0.282. The summed E-state index contributed by atoms with van der Waals surface area (Å²) in [5.41, 5.74) is 7.15. The number of hydrogen-bond acceptors (Lipinski definition) is 3. The Hall–Kier alpha value is -0.870. The maximum Gasteiger partial charge on any atom is 0.193 e. The zero-order valence-corrected chi connectivity index (χ0v) is 10.00. The molecule has 0 saturated heterocycles. The second-order valence-electron chi connectivity index (χ2n) is 4.08. The van der Waals surface area contributed by atoms with Gasteiger partial charge >= 0.3 is 0 Å². The quantitative estimate of drug-likeness (QED) is 0.864. The third kappa shape index (κ3) is 2.21. The molecule has 2 aromatic heterocycles. The van der Waals surface area contributed by atoms with Crippen LogP contribution in [0.25, 0.3) is 4.96 Å². The predicted octanol–water partition coefficient (Wildman–Crippen LogP) is 2.31. The van der Waals surface area contributed by atoms with Crippen LogP contribution in [0.1, 0.15) is 26.0 Å². The fourth-order valence-corrected chi connectivity index (χ4v) is 2.48. The average Bonchev–Trinajstić information content (AvgIpc) is 2.76. The van der Waals surface area contributed by atoms with Gasteiger partial charge in [0.15, 0.2) is 4.96 Å². The van der Waals surface area contributed by atoms with E-state index in [0.29, 0.717) is 5.92 Å². The van der Waals surface area contributed by atoms with Gasteiger partial charge < -0.3 is 5.73 Å². The van der Waals surface area contributed by atoms with Crippen molar-refractivity contribution in [1.82, 2.24) is 9.38 Å². The molecule has 82 valence electrons. The summed E-state index contributed by atoms with van der Waals surface area (Å²) in [5.74, 6) is 0.500. The summed E-state index contributed by atoms with van der Waals surface area (Å²) in [6, 6.07) is 0.282. The Morgan fingerprint density at radius 2 is 2.40 bits per heavy atom. The van der Waals surface area contributed by atoms with Crippen LogP contribution in [0.15, 0.2) is 17.8 Å². The van der Waals surface area contributed by atoms with Crippen molar-refractivity contribution in [2.75, 3.05) is 0 Å². The highest BCUT2D eigenvalue weighted by Crippen LogP contribution is 2.16. The summed E-state index contributed by atoms with van der Waals surface area (Å²) >= 11 is 1.67. The third-order valence-corrected chi connectivity index (χ3v) is 3.65. The van der Waals surface area contributed by atoms with Gasteiger partial charge in [0.1, 0.15) is 0 Å². The van der Waals surface area contributed by atoms with Crippen molar-refractivity contribution in [3.05, 3.63) is 23.5 Å². The molecule has 0 aliphatic heterocycles. The SMILES string of the molecule is CCC(N)C(C)Cc1cn2ccsc2n1. The van der Waals surface area contributed by atoms with Crippen LogP contribution in [0, 0.1) is 5.92 Å². The summed E-state index contributed by atoms with van der Waals surface area (Å²) in [4.78, 5) is 5.63. The van der Waals surface area contributed by atoms with Crippen molar-refractivity contribution in [1.29, 1.82) is 0 Å². The molecule has 2 aromatic rings. The molecule has 0 bridgehead atoms. The Balaban J connectivity index is 2.09. The Bertz CT molecular complexity index is 403. The molecule has 2 atom stereocenters. The lowest BCUT2D eigenvalue weighted by Crippen LogP contribution is -2.28. The van der Waals surface area contributed by atoms with E-state index in [2.05, 4.69) is 29.4 Å². The van der Waals surface area contributed by atoms with Crippen molar-refractivity contribution >= 4 is 16.3 Å². The van der Waals surface area contributed by atoms with E-state index in [1.807, 2.05) is 11.6 Å². The number of thiazole rings is 1. The molecule has 2 heterocycles. The third-order valence-electron chi connectivity index (χ3n) is 2.88. The van der Waals surface area contributed by atoms with Gasteiger partial charge in [-0.2, -0.15) is 0 Å². The second-order valence-corrected chi connectivity index (χ2v) is 4.95. The first-order valence-corrected chi connectivity index (χ1v) is 6.25. The number of aromatic nitrogens is 2. The lowest BCUT2D eigenvalue weighted by molar-refractivity contribution is 0.439. The normalized spacial score (nSPS) is 15.7. The van der Waals surface area contributed by atoms with E-state index in [4.69, 9.17) is 5.73 Å². The van der Waals surface area contributed by atoms with Crippen LogP contribution < -0.4 is 5.73 Å². The molecule has 3 nitrogen and oxygen atoms in total. The Labute approximate surface area is 93.9 Å². The van der Waals surface area contributed by atoms with Crippen LogP contribution in [-0.2, 0) is 6.42 Å². The van der Waals surface area contributed by atoms with Gasteiger partial charge in [-0.15, -0.1) is 11.3 Å². The molecule has 0 fully saturated rings. The summed E-state index contributed by atoms with van der Waals surface area (Å²) in [7, 11) is 0. The molecule has 4 heteroatoms. The summed E-state index contributed by atoms with van der Waals surface area (Å²) in [5, 5.41) is 2.05. The Kier molecular flexibility index (Phi) is 3.07. The van der Waals surface area contributed by atoms with E-state index in [1.54, 1.807) is 11.3 Å². The first kappa shape index (κ1) is 10.6. The van der Waals surface area contributed by atoms with Crippen molar-refractivity contribution in [2.45, 2.75) is 32.7 Å². The monoisotopic (exact) mass is 223 g/mol. The summed E-state index contributed by atoms with van der Waals surface area (Å²) in [6.07, 6.45) is 6.15. The van der Waals surface area contributed by atoms with Gasteiger partial charge in [-0.05, 0) is 18.8 Å². The Morgan fingerprint density at radius 3 is 3.07 bits per heavy atom. The molecule has 15 heavy (non-hydrogen) atoms. The van der Waals surface area contributed by atoms with Crippen molar-refractivity contribution in [2.24, 2.45) is 11.7 Å². The molecule has 2 rings (SSSR count). The number of rotatable bonds is 4. The molecule has 2 unspecified atom stereocenters. The maximum absolute atomic E-state index is 6.00. The summed E-state index contributed by atoms with van der Waals surface area (Å²) < 4.78 is 2.07. The number of nitrogens with two attached hydrogens (primary N) is 1. The highest BCUT2D eigenvalue weighted by molar-refractivity contribution is 7.15. The van der Waals surface area contributed by atoms with Gasteiger partial charge in [-0.1, -0.05) is 13.8 Å². The van der Waals surface area contributed by atoms with Gasteiger partial charge in [0.25, 0.3) is 0 Å². The molecule has 2 N–H and O–H groups in total. The number of nitrogens with zero attached hydrogens (tertiary/aromatic N) is 2. The van der Waals surface area contributed by atoms with Crippen molar-refractivity contribution < 1.29 is 0 Å². The first-order chi connectivity index (χ1) is 7.20. The van der Waals surface area contributed by atoms with E-state index in [0.717, 1.165) is 23.5 Å². The zero-order valence-electron chi connectivity index (χ0n) is 9.18. The van der Waals surface area contributed by atoms with Gasteiger partial charge in [-0.3, -0.25) is 4.40 Å². The van der Waals surface area contributed by atoms with Gasteiger partial charge in [-0.25, -0.2) is 4.98 Å². The standard InChI is InChI=1S/C11H17N3S/c1-3-10(12)8(2)6-9-7-14-4-5-15-11(14)13-9/h4-5,7-8,10H,3,6,12H2,1-2H3. The highest BCUT2D eigenvalue weighted by atomic mass is 32.1. The van der Waals surface area contributed by atoms with Crippen LogP contribution in [0.4, 0.5) is 0 Å². The number of hydrogen-bond donors (Lipinski definition) is 1. The number of imidazole rings is 1. The molecule has 0 amide bonds. The van der Waals surface area contributed by atoms with Crippen LogP contribution >= 0.6 is 11.3 Å². The molecule has 0 aromatic carbocycles. The minimum atomic E-state index is 0.282. The van der Waals surface area contributed by atoms with Crippen LogP contribution in [0.5, 0.6) is 0 Å². The van der Waals surface area contributed by atoms with Crippen molar-refractivity contribution in [3.8, 4) is 0 Å². The largest absolute Gasteiger partial charge is 0.327 e. The molecule has 0 saturated carbocycles. The van der Waals surface area contributed by atoms with Crippen LogP contribution in [-0.4, -0.2) is 15.4 Å². The molecular formula is C11H17N3S. The molecular weight excluding hydrogens is 206 g/mol. The van der Waals surface area contributed by atoms with Crippen molar-refractivity contribution in [3.63, 3.8) is 0 Å². The zero-order chi connectivity index (χ0) is 10.8. The Morgan fingerprint density at radius 1 is 1.60 bits per heavy atom. The molecule has 0 radical (unpaired) electrons. The summed E-state index contributed by atoms with van der Waals surface area (Å²) in [6.45, 7) is 4.33. The average molecular weight is 223 g/mol. The fourth-order valence-electron chi connectivity index (χ4n) is 1.76. The number of fused-ring (bicyclic) bond motifs is 1. The van der Waals surface area contributed by atoms with Gasteiger partial charge in [0.05, 0.1) is 5.69 Å². The maximum atomic E-state index is 6.00. The first-order valence-electron chi connectivity index (χ1n) is 5.37. The minimum Gasteiger partial charge on any atom is -0.327 e. The van der Waals surface area contributed by atoms with Gasteiger partial charge in [0.2, 0.25) is 0 Å². The van der Waals surface area contributed by atoms with E-state index in [1.165, 1.54) is 0 Å². The molecule has 0 aliphatic rings. The lowest BCUT2D eigenvalue weighted by atomic mass is 9.96. The lowest BCUT2D eigenvalue weighted by Gasteiger charge is -2.16. The van der Waals surface area contributed by atoms with E-state index in [9.17, 15) is 0 Å². The fraction of sp³-hybridized carbons (Fsp3) is 0.545.